The molecule has 0 unspecified atom stereocenters. The number of hydrogen-bond donors (Lipinski definition) is 0. The average molecular weight is 616 g/mol. The zero-order valence-electron chi connectivity index (χ0n) is 22.7. The highest BCUT2D eigenvalue weighted by atomic mass is 32.2. The number of thiazole rings is 2. The molecule has 0 saturated carbocycles. The first-order valence-corrected chi connectivity index (χ1v) is 15.6. The van der Waals surface area contributed by atoms with Gasteiger partial charge in [0.15, 0.2) is 14.2 Å². The van der Waals surface area contributed by atoms with Crippen LogP contribution in [0, 0.1) is 0 Å². The summed E-state index contributed by atoms with van der Waals surface area (Å²) in [6, 6.07) is 18.3. The fourth-order valence-corrected chi connectivity index (χ4v) is 7.58. The molecular weight excluding hydrogens is 591 g/mol. The van der Waals surface area contributed by atoms with E-state index >= 15 is 0 Å². The number of furan rings is 1. The van der Waals surface area contributed by atoms with E-state index in [-0.39, 0.29) is 12.2 Å². The SMILES string of the molecule is C=CCOc1ccc([C@H]2C(C(=O)OCC)=C(C)N=c3s/c(=C/c4ccc(Sc5nc6ccccc6s5)o4)c(=O)n32)cc1. The predicted molar refractivity (Wildman–Crippen MR) is 165 cm³/mol. The first-order valence-electron chi connectivity index (χ1n) is 13.1. The number of ether oxygens (including phenoxy) is 2. The van der Waals surface area contributed by atoms with Crippen molar-refractivity contribution in [3.8, 4) is 5.75 Å². The van der Waals surface area contributed by atoms with Gasteiger partial charge < -0.3 is 13.9 Å². The number of para-hydroxylation sites is 1. The van der Waals surface area contributed by atoms with Gasteiger partial charge in [0.1, 0.15) is 18.1 Å². The van der Waals surface area contributed by atoms with Gasteiger partial charge in [-0.3, -0.25) is 9.36 Å². The maximum Gasteiger partial charge on any atom is 0.338 e. The topological polar surface area (TPSA) is 95.9 Å². The third-order valence-electron chi connectivity index (χ3n) is 6.42. The lowest BCUT2D eigenvalue weighted by atomic mass is 9.96. The summed E-state index contributed by atoms with van der Waals surface area (Å²) in [5.74, 6) is 0.680. The van der Waals surface area contributed by atoms with Crippen LogP contribution in [-0.4, -0.2) is 28.7 Å². The third-order valence-corrected chi connectivity index (χ3v) is 9.42. The molecule has 212 valence electrons. The van der Waals surface area contributed by atoms with Gasteiger partial charge >= 0.3 is 5.97 Å². The molecule has 0 bridgehead atoms. The second-order valence-corrected chi connectivity index (χ2v) is 12.5. The number of benzene rings is 2. The quantitative estimate of drug-likeness (QED) is 0.155. The van der Waals surface area contributed by atoms with Gasteiger partial charge in [0.2, 0.25) is 0 Å². The summed E-state index contributed by atoms with van der Waals surface area (Å²) in [7, 11) is 0. The highest BCUT2D eigenvalue weighted by Gasteiger charge is 2.33. The average Bonchev–Trinajstić information content (AvgIpc) is 3.69. The summed E-state index contributed by atoms with van der Waals surface area (Å²) in [6.07, 6.45) is 3.37. The fourth-order valence-electron chi connectivity index (χ4n) is 4.59. The van der Waals surface area contributed by atoms with E-state index < -0.39 is 12.0 Å². The van der Waals surface area contributed by atoms with Crippen LogP contribution in [-0.2, 0) is 9.53 Å². The molecule has 1 aliphatic heterocycles. The Morgan fingerprint density at radius 2 is 1.95 bits per heavy atom. The molecule has 5 aromatic rings. The van der Waals surface area contributed by atoms with Crippen LogP contribution in [0.2, 0.25) is 0 Å². The molecule has 11 heteroatoms. The van der Waals surface area contributed by atoms with E-state index in [9.17, 15) is 9.59 Å². The van der Waals surface area contributed by atoms with E-state index in [2.05, 4.69) is 16.6 Å². The number of aromatic nitrogens is 2. The summed E-state index contributed by atoms with van der Waals surface area (Å²) in [5.41, 5.74) is 2.23. The standard InChI is InChI=1S/C31H25N3O5S3/c1-4-16-38-20-12-10-19(11-13-20)27-26(29(36)37-5-2)18(3)32-30-34(27)28(35)24(40-30)17-21-14-15-25(39-21)42-31-33-22-8-6-7-9-23(22)41-31/h4,6-15,17,27H,1,5,16H2,2-3H3/b24-17+/t27-/m0/s1. The summed E-state index contributed by atoms with van der Waals surface area (Å²) < 4.78 is 21.0. The van der Waals surface area contributed by atoms with Gasteiger partial charge in [-0.15, -0.1) is 11.3 Å². The maximum absolute atomic E-state index is 13.9. The van der Waals surface area contributed by atoms with Gasteiger partial charge in [-0.05, 0) is 67.6 Å². The number of esters is 1. The number of carbonyl (C=O) groups excluding carboxylic acids is 1. The van der Waals surface area contributed by atoms with Crippen LogP contribution in [0.3, 0.4) is 0 Å². The molecule has 1 atom stereocenters. The fraction of sp³-hybridized carbons (Fsp3) is 0.161. The lowest BCUT2D eigenvalue weighted by Gasteiger charge is -2.24. The summed E-state index contributed by atoms with van der Waals surface area (Å²) in [5, 5.41) is 0.671. The van der Waals surface area contributed by atoms with Crippen molar-refractivity contribution in [2.75, 3.05) is 13.2 Å². The van der Waals surface area contributed by atoms with Crippen molar-refractivity contribution in [3.63, 3.8) is 0 Å². The number of hydrogen-bond acceptors (Lipinski definition) is 10. The molecule has 6 rings (SSSR count). The van der Waals surface area contributed by atoms with Crippen molar-refractivity contribution in [2.24, 2.45) is 4.99 Å². The molecule has 0 saturated heterocycles. The second kappa shape index (κ2) is 12.0. The molecular formula is C31H25N3O5S3. The highest BCUT2D eigenvalue weighted by Crippen LogP contribution is 2.35. The number of nitrogens with zero attached hydrogens (tertiary/aromatic N) is 3. The van der Waals surface area contributed by atoms with Gasteiger partial charge in [-0.2, -0.15) is 0 Å². The molecule has 0 aliphatic carbocycles. The van der Waals surface area contributed by atoms with Gasteiger partial charge in [-0.1, -0.05) is 48.3 Å². The molecule has 0 spiro atoms. The summed E-state index contributed by atoms with van der Waals surface area (Å²) in [4.78, 5) is 36.7. The van der Waals surface area contributed by atoms with Crippen molar-refractivity contribution in [1.82, 2.24) is 9.55 Å². The second-order valence-electron chi connectivity index (χ2n) is 9.18. The molecule has 2 aromatic carbocycles. The van der Waals surface area contributed by atoms with E-state index in [0.717, 1.165) is 20.1 Å². The van der Waals surface area contributed by atoms with Crippen LogP contribution in [0.25, 0.3) is 16.3 Å². The lowest BCUT2D eigenvalue weighted by Crippen LogP contribution is -2.39. The Labute approximate surface area is 253 Å². The Hall–Kier alpha value is -4.19. The molecule has 0 N–H and O–H groups in total. The van der Waals surface area contributed by atoms with Crippen molar-refractivity contribution in [2.45, 2.75) is 29.3 Å². The van der Waals surface area contributed by atoms with Crippen molar-refractivity contribution in [1.29, 1.82) is 0 Å². The first kappa shape index (κ1) is 28.0. The third kappa shape index (κ3) is 5.50. The molecule has 1 aliphatic rings. The van der Waals surface area contributed by atoms with Crippen molar-refractivity contribution in [3.05, 3.63) is 116 Å². The largest absolute Gasteiger partial charge is 0.490 e. The van der Waals surface area contributed by atoms with Crippen LogP contribution in [0.5, 0.6) is 5.75 Å². The minimum atomic E-state index is -0.711. The van der Waals surface area contributed by atoms with Gasteiger partial charge in [0, 0.05) is 6.08 Å². The van der Waals surface area contributed by atoms with Crippen LogP contribution >= 0.6 is 34.4 Å². The Morgan fingerprint density at radius 1 is 1.14 bits per heavy atom. The van der Waals surface area contributed by atoms with Gasteiger partial charge in [0.05, 0.1) is 38.7 Å². The van der Waals surface area contributed by atoms with Crippen molar-refractivity contribution >= 4 is 56.7 Å². The van der Waals surface area contributed by atoms with E-state index in [1.807, 2.05) is 48.5 Å². The number of fused-ring (bicyclic) bond motifs is 2. The molecule has 42 heavy (non-hydrogen) atoms. The Kier molecular flexibility index (Phi) is 7.96. The highest BCUT2D eigenvalue weighted by molar-refractivity contribution is 8.01. The van der Waals surface area contributed by atoms with Crippen molar-refractivity contribution < 1.29 is 18.7 Å². The minimum absolute atomic E-state index is 0.205. The molecule has 8 nitrogen and oxygen atoms in total. The zero-order chi connectivity index (χ0) is 29.2. The van der Waals surface area contributed by atoms with Crippen LogP contribution < -0.4 is 19.6 Å². The van der Waals surface area contributed by atoms with Gasteiger partial charge in [0.25, 0.3) is 5.56 Å². The number of carbonyl (C=O) groups is 1. The van der Waals surface area contributed by atoms with E-state index in [0.29, 0.717) is 43.8 Å². The van der Waals surface area contributed by atoms with E-state index in [4.69, 9.17) is 13.9 Å². The Morgan fingerprint density at radius 3 is 2.71 bits per heavy atom. The lowest BCUT2D eigenvalue weighted by molar-refractivity contribution is -0.139. The van der Waals surface area contributed by atoms with Gasteiger partial charge in [-0.25, -0.2) is 14.8 Å². The maximum atomic E-state index is 13.9. The molecule has 0 radical (unpaired) electrons. The van der Waals surface area contributed by atoms with Crippen LogP contribution in [0.4, 0.5) is 0 Å². The van der Waals surface area contributed by atoms with E-state index in [1.54, 1.807) is 54.0 Å². The van der Waals surface area contributed by atoms with Crippen LogP contribution in [0.15, 0.2) is 108 Å². The zero-order valence-corrected chi connectivity index (χ0v) is 25.2. The molecule has 0 fully saturated rings. The molecule has 0 amide bonds. The molecule has 4 heterocycles. The predicted octanol–water partition coefficient (Wildman–Crippen LogP) is 5.72. The Bertz CT molecular complexity index is 1980. The van der Waals surface area contributed by atoms with Crippen LogP contribution in [0.1, 0.15) is 31.2 Å². The number of rotatable bonds is 9. The normalized spacial score (nSPS) is 15.0. The smallest absolute Gasteiger partial charge is 0.338 e. The monoisotopic (exact) mass is 615 g/mol. The Balaban J connectivity index is 1.37. The summed E-state index contributed by atoms with van der Waals surface area (Å²) >= 11 is 4.28. The molecule has 3 aromatic heterocycles. The van der Waals surface area contributed by atoms with E-state index in [1.165, 1.54) is 23.1 Å². The summed E-state index contributed by atoms with van der Waals surface area (Å²) in [6.45, 7) is 7.76. The number of allylic oxidation sites excluding steroid dienone is 1. The minimum Gasteiger partial charge on any atom is -0.490 e. The first-order chi connectivity index (χ1) is 20.4.